The molecule has 3 amide bonds. The van der Waals surface area contributed by atoms with Crippen LogP contribution in [0, 0.1) is 11.3 Å². The molecule has 2 rings (SSSR count). The van der Waals surface area contributed by atoms with Gasteiger partial charge in [-0.25, -0.2) is 9.59 Å². The van der Waals surface area contributed by atoms with E-state index in [9.17, 15) is 19.6 Å². The number of nitriles is 1. The summed E-state index contributed by atoms with van der Waals surface area (Å²) >= 11 is 0. The maximum Gasteiger partial charge on any atom is 0.339 e. The molecule has 0 saturated carbocycles. The Kier molecular flexibility index (Phi) is 7.08. The SMILES string of the molecule is CCCNC(=O)NC(=O)COC(=O)c1ccccc1-c1ccccc1C#N. The van der Waals surface area contributed by atoms with Gasteiger partial charge in [-0.15, -0.1) is 0 Å². The molecule has 0 spiro atoms. The van der Waals surface area contributed by atoms with Crippen molar-refractivity contribution in [1.82, 2.24) is 10.6 Å². The summed E-state index contributed by atoms with van der Waals surface area (Å²) in [4.78, 5) is 35.6. The van der Waals surface area contributed by atoms with E-state index >= 15 is 0 Å². The van der Waals surface area contributed by atoms with Gasteiger partial charge in [0, 0.05) is 12.1 Å². The Morgan fingerprint density at radius 3 is 2.41 bits per heavy atom. The molecule has 0 bridgehead atoms. The highest BCUT2D eigenvalue weighted by atomic mass is 16.5. The van der Waals surface area contributed by atoms with Crippen molar-refractivity contribution in [2.45, 2.75) is 13.3 Å². The third-order valence-electron chi connectivity index (χ3n) is 3.61. The van der Waals surface area contributed by atoms with Crippen LogP contribution in [0.3, 0.4) is 0 Å². The minimum atomic E-state index is -0.730. The highest BCUT2D eigenvalue weighted by Crippen LogP contribution is 2.27. The average Bonchev–Trinajstić information content (AvgIpc) is 2.70. The molecular formula is C20H19N3O4. The number of rotatable bonds is 6. The first kappa shape index (κ1) is 19.7. The van der Waals surface area contributed by atoms with Crippen molar-refractivity contribution < 1.29 is 19.1 Å². The summed E-state index contributed by atoms with van der Waals surface area (Å²) in [7, 11) is 0. The highest BCUT2D eigenvalue weighted by molar-refractivity contribution is 6.00. The number of nitrogens with one attached hydrogen (secondary N) is 2. The van der Waals surface area contributed by atoms with Crippen LogP contribution in [-0.4, -0.2) is 31.1 Å². The Balaban J connectivity index is 2.09. The molecular weight excluding hydrogens is 346 g/mol. The quantitative estimate of drug-likeness (QED) is 0.765. The number of ether oxygens (including phenoxy) is 1. The number of urea groups is 1. The van der Waals surface area contributed by atoms with Gasteiger partial charge in [0.05, 0.1) is 17.2 Å². The van der Waals surface area contributed by atoms with E-state index in [1.807, 2.05) is 6.92 Å². The summed E-state index contributed by atoms with van der Waals surface area (Å²) in [6.45, 7) is 1.73. The second-order valence-electron chi connectivity index (χ2n) is 5.58. The summed E-state index contributed by atoms with van der Waals surface area (Å²) < 4.78 is 5.02. The van der Waals surface area contributed by atoms with Crippen LogP contribution in [0.25, 0.3) is 11.1 Å². The molecule has 2 N–H and O–H groups in total. The Labute approximate surface area is 156 Å². The van der Waals surface area contributed by atoms with Crippen LogP contribution in [0.1, 0.15) is 29.3 Å². The lowest BCUT2D eigenvalue weighted by molar-refractivity contribution is -0.123. The summed E-state index contributed by atoms with van der Waals surface area (Å²) in [5.74, 6) is -1.45. The van der Waals surface area contributed by atoms with Crippen LogP contribution in [-0.2, 0) is 9.53 Å². The normalized spacial score (nSPS) is 9.78. The maximum atomic E-state index is 12.4. The Morgan fingerprint density at radius 1 is 1.04 bits per heavy atom. The molecule has 2 aromatic rings. The first-order chi connectivity index (χ1) is 13.1. The molecule has 0 aliphatic heterocycles. The Morgan fingerprint density at radius 2 is 1.70 bits per heavy atom. The van der Waals surface area contributed by atoms with Crippen LogP contribution in [0.4, 0.5) is 4.79 Å². The van der Waals surface area contributed by atoms with E-state index < -0.39 is 24.5 Å². The predicted octanol–water partition coefficient (Wildman–Crippen LogP) is 2.62. The fourth-order valence-electron chi connectivity index (χ4n) is 2.37. The number of esters is 1. The molecule has 0 aliphatic rings. The number of imide groups is 1. The number of amides is 3. The molecule has 27 heavy (non-hydrogen) atoms. The predicted molar refractivity (Wildman–Crippen MR) is 98.7 cm³/mol. The molecule has 7 heteroatoms. The molecule has 7 nitrogen and oxygen atoms in total. The fraction of sp³-hybridized carbons (Fsp3) is 0.200. The molecule has 0 saturated heterocycles. The number of carbonyl (C=O) groups is 3. The monoisotopic (exact) mass is 365 g/mol. The minimum Gasteiger partial charge on any atom is -0.452 e. The van der Waals surface area contributed by atoms with E-state index in [2.05, 4.69) is 16.7 Å². The van der Waals surface area contributed by atoms with Gasteiger partial charge < -0.3 is 10.1 Å². The van der Waals surface area contributed by atoms with E-state index in [1.54, 1.807) is 48.5 Å². The molecule has 0 heterocycles. The number of nitrogens with zero attached hydrogens (tertiary/aromatic N) is 1. The summed E-state index contributed by atoms with van der Waals surface area (Å²) in [5, 5.41) is 13.8. The maximum absolute atomic E-state index is 12.4. The van der Waals surface area contributed by atoms with Gasteiger partial charge in [-0.05, 0) is 24.1 Å². The molecule has 0 aromatic heterocycles. The van der Waals surface area contributed by atoms with Crippen LogP contribution in [0.15, 0.2) is 48.5 Å². The van der Waals surface area contributed by atoms with Crippen molar-refractivity contribution in [3.05, 3.63) is 59.7 Å². The summed E-state index contributed by atoms with van der Waals surface area (Å²) in [6.07, 6.45) is 0.734. The molecule has 0 aliphatic carbocycles. The van der Waals surface area contributed by atoms with E-state index in [4.69, 9.17) is 4.74 Å². The van der Waals surface area contributed by atoms with E-state index in [1.165, 1.54) is 0 Å². The number of hydrogen-bond donors (Lipinski definition) is 2. The van der Waals surface area contributed by atoms with Gasteiger partial charge in [0.1, 0.15) is 0 Å². The summed E-state index contributed by atoms with van der Waals surface area (Å²) in [5.41, 5.74) is 1.77. The standard InChI is InChI=1S/C20H19N3O4/c1-2-11-22-20(26)23-18(24)13-27-19(25)17-10-6-5-9-16(17)15-8-4-3-7-14(15)12-21/h3-10H,2,11,13H2,1H3,(H2,22,23,24,26). The van der Waals surface area contributed by atoms with Crippen molar-refractivity contribution in [2.75, 3.05) is 13.2 Å². The molecule has 0 fully saturated rings. The fourth-order valence-corrected chi connectivity index (χ4v) is 2.37. The lowest BCUT2D eigenvalue weighted by Crippen LogP contribution is -2.41. The second kappa shape index (κ2) is 9.73. The minimum absolute atomic E-state index is 0.225. The first-order valence-corrected chi connectivity index (χ1v) is 8.40. The zero-order chi connectivity index (χ0) is 19.6. The Hall–Kier alpha value is -3.66. The molecule has 0 atom stereocenters. The molecule has 0 radical (unpaired) electrons. The van der Waals surface area contributed by atoms with Gasteiger partial charge in [0.25, 0.3) is 5.91 Å². The van der Waals surface area contributed by atoms with Gasteiger partial charge in [0.2, 0.25) is 0 Å². The average molecular weight is 365 g/mol. The van der Waals surface area contributed by atoms with Crippen molar-refractivity contribution in [2.24, 2.45) is 0 Å². The van der Waals surface area contributed by atoms with Gasteiger partial charge in [0.15, 0.2) is 6.61 Å². The molecule has 138 valence electrons. The van der Waals surface area contributed by atoms with Gasteiger partial charge in [-0.3, -0.25) is 10.1 Å². The van der Waals surface area contributed by atoms with Crippen molar-refractivity contribution in [3.8, 4) is 17.2 Å². The lowest BCUT2D eigenvalue weighted by atomic mass is 9.96. The van der Waals surface area contributed by atoms with Crippen LogP contribution < -0.4 is 10.6 Å². The number of carbonyl (C=O) groups excluding carboxylic acids is 3. The van der Waals surface area contributed by atoms with Crippen molar-refractivity contribution in [1.29, 1.82) is 5.26 Å². The Bertz CT molecular complexity index is 887. The smallest absolute Gasteiger partial charge is 0.339 e. The van der Waals surface area contributed by atoms with E-state index in [0.29, 0.717) is 23.2 Å². The van der Waals surface area contributed by atoms with E-state index in [0.717, 1.165) is 6.42 Å². The lowest BCUT2D eigenvalue weighted by Gasteiger charge is -2.11. The zero-order valence-electron chi connectivity index (χ0n) is 14.8. The van der Waals surface area contributed by atoms with Crippen LogP contribution >= 0.6 is 0 Å². The van der Waals surface area contributed by atoms with Gasteiger partial charge >= 0.3 is 12.0 Å². The first-order valence-electron chi connectivity index (χ1n) is 8.40. The summed E-state index contributed by atoms with van der Waals surface area (Å²) in [6, 6.07) is 15.0. The van der Waals surface area contributed by atoms with Crippen LogP contribution in [0.5, 0.6) is 0 Å². The van der Waals surface area contributed by atoms with Crippen molar-refractivity contribution >= 4 is 17.9 Å². The molecule has 0 unspecified atom stereocenters. The van der Waals surface area contributed by atoms with Crippen LogP contribution in [0.2, 0.25) is 0 Å². The largest absolute Gasteiger partial charge is 0.452 e. The van der Waals surface area contributed by atoms with Gasteiger partial charge in [-0.2, -0.15) is 5.26 Å². The number of hydrogen-bond acceptors (Lipinski definition) is 5. The van der Waals surface area contributed by atoms with Gasteiger partial charge in [-0.1, -0.05) is 43.3 Å². The highest BCUT2D eigenvalue weighted by Gasteiger charge is 2.17. The topological polar surface area (TPSA) is 108 Å². The molecule has 2 aromatic carbocycles. The zero-order valence-corrected chi connectivity index (χ0v) is 14.8. The third-order valence-corrected chi connectivity index (χ3v) is 3.61. The number of benzene rings is 2. The van der Waals surface area contributed by atoms with Crippen molar-refractivity contribution in [3.63, 3.8) is 0 Å². The third kappa shape index (κ3) is 5.41. The second-order valence-corrected chi connectivity index (χ2v) is 5.58. The van der Waals surface area contributed by atoms with E-state index in [-0.39, 0.29) is 5.56 Å².